The van der Waals surface area contributed by atoms with Crippen LogP contribution in [-0.2, 0) is 40.3 Å². The molecule has 7 heteroatoms. The summed E-state index contributed by atoms with van der Waals surface area (Å²) >= 11 is 0. The van der Waals surface area contributed by atoms with Gasteiger partial charge in [0, 0.05) is 33.7 Å². The molecule has 0 radical (unpaired) electrons. The Bertz CT molecular complexity index is 1310. The van der Waals surface area contributed by atoms with Gasteiger partial charge in [-0.2, -0.15) is 0 Å². The molecular formula is C25H27N5O2. The molecular weight excluding hydrogens is 402 g/mol. The summed E-state index contributed by atoms with van der Waals surface area (Å²) in [4.78, 5) is 32.4. The Kier molecular flexibility index (Phi) is 6.18. The molecule has 0 spiro atoms. The summed E-state index contributed by atoms with van der Waals surface area (Å²) in [5, 5.41) is 0. The van der Waals surface area contributed by atoms with Crippen molar-refractivity contribution < 1.29 is 0 Å². The van der Waals surface area contributed by atoms with Crippen LogP contribution in [0.1, 0.15) is 17.0 Å². The van der Waals surface area contributed by atoms with Gasteiger partial charge in [-0.25, -0.2) is 9.78 Å². The first-order chi connectivity index (χ1) is 15.5. The summed E-state index contributed by atoms with van der Waals surface area (Å²) in [5.74, 6) is 0.727. The second-order valence-electron chi connectivity index (χ2n) is 7.92. The predicted octanol–water partition coefficient (Wildman–Crippen LogP) is 2.82. The molecule has 0 aliphatic rings. The molecule has 0 N–H and O–H groups in total. The molecule has 0 atom stereocenters. The van der Waals surface area contributed by atoms with Crippen molar-refractivity contribution >= 4 is 11.2 Å². The van der Waals surface area contributed by atoms with Gasteiger partial charge in [0.15, 0.2) is 11.2 Å². The van der Waals surface area contributed by atoms with Crippen molar-refractivity contribution in [2.75, 3.05) is 0 Å². The Morgan fingerprint density at radius 1 is 0.875 bits per heavy atom. The van der Waals surface area contributed by atoms with E-state index in [2.05, 4.69) is 35.7 Å². The van der Waals surface area contributed by atoms with Crippen LogP contribution in [0.2, 0.25) is 0 Å². The summed E-state index contributed by atoms with van der Waals surface area (Å²) in [6, 6.07) is 20.5. The number of fused-ring (bicyclic) bond motifs is 1. The summed E-state index contributed by atoms with van der Waals surface area (Å²) in [5.41, 5.74) is 2.47. The van der Waals surface area contributed by atoms with Crippen LogP contribution >= 0.6 is 0 Å². The van der Waals surface area contributed by atoms with Crippen LogP contribution < -0.4 is 11.2 Å². The standard InChI is InChI=1S/C25H27N5O2/c1-4-15-30-21(26-23-22(30)24(31)28(3)25(32)27(23)2)18-29(16-19-11-7-5-8-12-19)17-20-13-9-6-10-14-20/h4-14H,1,15-18H2,2-3H3. The van der Waals surface area contributed by atoms with Crippen molar-refractivity contribution in [1.29, 1.82) is 0 Å². The number of rotatable bonds is 8. The van der Waals surface area contributed by atoms with Crippen LogP contribution in [0.15, 0.2) is 82.9 Å². The van der Waals surface area contributed by atoms with Gasteiger partial charge in [0.25, 0.3) is 5.56 Å². The smallest absolute Gasteiger partial charge is 0.317 e. The van der Waals surface area contributed by atoms with Crippen LogP contribution in [0.5, 0.6) is 0 Å². The zero-order valence-corrected chi connectivity index (χ0v) is 18.4. The molecule has 0 amide bonds. The minimum absolute atomic E-state index is 0.346. The Morgan fingerprint density at radius 2 is 1.44 bits per heavy atom. The second-order valence-corrected chi connectivity index (χ2v) is 7.92. The summed E-state index contributed by atoms with van der Waals surface area (Å²) in [6.07, 6.45) is 1.74. The summed E-state index contributed by atoms with van der Waals surface area (Å²) in [6.45, 7) is 6.25. The van der Waals surface area contributed by atoms with E-state index < -0.39 is 0 Å². The molecule has 7 nitrogen and oxygen atoms in total. The molecule has 2 aromatic heterocycles. The lowest BCUT2D eigenvalue weighted by atomic mass is 10.1. The molecule has 2 aromatic carbocycles. The van der Waals surface area contributed by atoms with Crippen LogP contribution in [0.4, 0.5) is 0 Å². The lowest BCUT2D eigenvalue weighted by molar-refractivity contribution is 0.238. The zero-order valence-electron chi connectivity index (χ0n) is 18.4. The molecule has 0 aliphatic carbocycles. The van der Waals surface area contributed by atoms with Crippen molar-refractivity contribution in [2.24, 2.45) is 14.1 Å². The zero-order chi connectivity index (χ0) is 22.7. The third-order valence-corrected chi connectivity index (χ3v) is 5.60. The maximum Gasteiger partial charge on any atom is 0.332 e. The van der Waals surface area contributed by atoms with Gasteiger partial charge in [-0.05, 0) is 11.1 Å². The molecule has 0 bridgehead atoms. The Balaban J connectivity index is 1.79. The summed E-state index contributed by atoms with van der Waals surface area (Å²) < 4.78 is 4.42. The fourth-order valence-corrected chi connectivity index (χ4v) is 3.99. The van der Waals surface area contributed by atoms with E-state index in [0.29, 0.717) is 24.3 Å². The van der Waals surface area contributed by atoms with Gasteiger partial charge in [0.2, 0.25) is 0 Å². The van der Waals surface area contributed by atoms with E-state index in [1.807, 2.05) is 41.0 Å². The van der Waals surface area contributed by atoms with E-state index >= 15 is 0 Å². The molecule has 4 rings (SSSR count). The number of hydrogen-bond acceptors (Lipinski definition) is 4. The fourth-order valence-electron chi connectivity index (χ4n) is 3.99. The first-order valence-electron chi connectivity index (χ1n) is 10.6. The van der Waals surface area contributed by atoms with Crippen molar-refractivity contribution in [3.63, 3.8) is 0 Å². The number of hydrogen-bond donors (Lipinski definition) is 0. The van der Waals surface area contributed by atoms with Crippen LogP contribution in [0, 0.1) is 0 Å². The molecule has 0 aliphatic heterocycles. The van der Waals surface area contributed by atoms with Gasteiger partial charge in [-0.1, -0.05) is 66.7 Å². The fraction of sp³-hybridized carbons (Fsp3) is 0.240. The van der Waals surface area contributed by atoms with Crippen molar-refractivity contribution in [2.45, 2.75) is 26.2 Å². The van der Waals surface area contributed by atoms with E-state index in [9.17, 15) is 9.59 Å². The van der Waals surface area contributed by atoms with Gasteiger partial charge in [-0.15, -0.1) is 6.58 Å². The monoisotopic (exact) mass is 429 g/mol. The highest BCUT2D eigenvalue weighted by Crippen LogP contribution is 2.17. The largest absolute Gasteiger partial charge is 0.332 e. The van der Waals surface area contributed by atoms with E-state index in [1.54, 1.807) is 13.1 Å². The number of aromatic nitrogens is 4. The van der Waals surface area contributed by atoms with Crippen LogP contribution in [0.3, 0.4) is 0 Å². The molecule has 0 fully saturated rings. The van der Waals surface area contributed by atoms with Crippen molar-refractivity contribution in [1.82, 2.24) is 23.6 Å². The number of aryl methyl sites for hydroxylation is 1. The molecule has 4 aromatic rings. The minimum atomic E-state index is -0.386. The third kappa shape index (κ3) is 4.20. The van der Waals surface area contributed by atoms with Gasteiger partial charge in [0.1, 0.15) is 5.82 Å². The average molecular weight is 430 g/mol. The number of imidazole rings is 1. The third-order valence-electron chi connectivity index (χ3n) is 5.60. The van der Waals surface area contributed by atoms with E-state index in [-0.39, 0.29) is 11.2 Å². The van der Waals surface area contributed by atoms with Crippen LogP contribution in [0.25, 0.3) is 11.2 Å². The molecule has 164 valence electrons. The highest BCUT2D eigenvalue weighted by atomic mass is 16.2. The molecule has 0 saturated heterocycles. The van der Waals surface area contributed by atoms with Crippen LogP contribution in [-0.4, -0.2) is 23.6 Å². The summed E-state index contributed by atoms with van der Waals surface area (Å²) in [7, 11) is 3.14. The van der Waals surface area contributed by atoms with E-state index in [1.165, 1.54) is 22.7 Å². The first kappa shape index (κ1) is 21.5. The van der Waals surface area contributed by atoms with E-state index in [0.717, 1.165) is 23.5 Å². The number of nitrogens with zero attached hydrogens (tertiary/aromatic N) is 5. The topological polar surface area (TPSA) is 65.1 Å². The van der Waals surface area contributed by atoms with Crippen molar-refractivity contribution in [3.8, 4) is 0 Å². The Morgan fingerprint density at radius 3 is 1.97 bits per heavy atom. The lowest BCUT2D eigenvalue weighted by Crippen LogP contribution is -2.37. The average Bonchev–Trinajstić information content (AvgIpc) is 3.16. The highest BCUT2D eigenvalue weighted by molar-refractivity contribution is 5.71. The molecule has 2 heterocycles. The van der Waals surface area contributed by atoms with Crippen molar-refractivity contribution in [3.05, 3.63) is 111 Å². The maximum atomic E-state index is 12.9. The number of allylic oxidation sites excluding steroid dienone is 1. The lowest BCUT2D eigenvalue weighted by Gasteiger charge is -2.22. The predicted molar refractivity (Wildman–Crippen MR) is 126 cm³/mol. The quantitative estimate of drug-likeness (QED) is 0.404. The molecule has 0 unspecified atom stereocenters. The normalized spacial score (nSPS) is 11.3. The minimum Gasteiger partial charge on any atom is -0.317 e. The Hall–Kier alpha value is -3.71. The molecule has 32 heavy (non-hydrogen) atoms. The second kappa shape index (κ2) is 9.20. The SMILES string of the molecule is C=CCn1c(CN(Cc2ccccc2)Cc2ccccc2)nc2c1c(=O)n(C)c(=O)n2C. The first-order valence-corrected chi connectivity index (χ1v) is 10.6. The van der Waals surface area contributed by atoms with E-state index in [4.69, 9.17) is 4.98 Å². The van der Waals surface area contributed by atoms with Gasteiger partial charge < -0.3 is 4.57 Å². The highest BCUT2D eigenvalue weighted by Gasteiger charge is 2.20. The Labute approximate surface area is 186 Å². The molecule has 0 saturated carbocycles. The van der Waals surface area contributed by atoms with Gasteiger partial charge in [0.05, 0.1) is 6.54 Å². The van der Waals surface area contributed by atoms with Gasteiger partial charge >= 0.3 is 5.69 Å². The maximum absolute atomic E-state index is 12.9. The van der Waals surface area contributed by atoms with Gasteiger partial charge in [-0.3, -0.25) is 18.8 Å². The number of benzene rings is 2.